The lowest BCUT2D eigenvalue weighted by atomic mass is 9.94. The van der Waals surface area contributed by atoms with E-state index in [-0.39, 0.29) is 68.5 Å². The summed E-state index contributed by atoms with van der Waals surface area (Å²) in [6.45, 7) is 3.52. The lowest BCUT2D eigenvalue weighted by Gasteiger charge is -2.44. The molecule has 9 heteroatoms. The number of carbonyl (C=O) groups excluding carboxylic acids is 1. The highest BCUT2D eigenvalue weighted by molar-refractivity contribution is 5.76. The molecule has 0 aliphatic carbocycles. The third-order valence-corrected chi connectivity index (χ3v) is 7.77. The monoisotopic (exact) mass is 529 g/mol. The summed E-state index contributed by atoms with van der Waals surface area (Å²) in [4.78, 5) is 17.2. The van der Waals surface area contributed by atoms with E-state index in [1.807, 2.05) is 23.1 Å². The van der Waals surface area contributed by atoms with Gasteiger partial charge in [0.2, 0.25) is 5.91 Å². The van der Waals surface area contributed by atoms with Crippen molar-refractivity contribution in [3.05, 3.63) is 71.3 Å². The van der Waals surface area contributed by atoms with Crippen LogP contribution in [0.3, 0.4) is 0 Å². The lowest BCUT2D eigenvalue weighted by molar-refractivity contribution is -0.158. The Labute approximate surface area is 222 Å². The second-order valence-corrected chi connectivity index (χ2v) is 10.8. The Balaban J connectivity index is 1.14. The highest BCUT2D eigenvalue weighted by Gasteiger charge is 2.38. The van der Waals surface area contributed by atoms with Crippen LogP contribution in [0.5, 0.6) is 0 Å². The smallest absolute Gasteiger partial charge is 0.222 e. The summed E-state index contributed by atoms with van der Waals surface area (Å²) in [5, 5.41) is 13.5. The van der Waals surface area contributed by atoms with E-state index < -0.39 is 17.7 Å². The molecular formula is C29H37F2N3O4. The molecule has 2 aromatic carbocycles. The third-order valence-electron chi connectivity index (χ3n) is 7.77. The van der Waals surface area contributed by atoms with E-state index in [2.05, 4.69) is 22.3 Å². The van der Waals surface area contributed by atoms with E-state index in [9.17, 15) is 18.7 Å². The van der Waals surface area contributed by atoms with E-state index in [1.165, 1.54) is 11.6 Å². The van der Waals surface area contributed by atoms with Crippen LogP contribution in [0, 0.1) is 11.6 Å². The number of benzene rings is 2. The molecule has 7 nitrogen and oxygen atoms in total. The van der Waals surface area contributed by atoms with Gasteiger partial charge >= 0.3 is 0 Å². The van der Waals surface area contributed by atoms with E-state index >= 15 is 0 Å². The molecule has 1 amide bonds. The molecule has 5 atom stereocenters. The number of nitrogens with one attached hydrogen (secondary N) is 1. The van der Waals surface area contributed by atoms with Gasteiger partial charge in [0.15, 0.2) is 0 Å². The quantitative estimate of drug-likeness (QED) is 0.575. The van der Waals surface area contributed by atoms with Crippen molar-refractivity contribution in [1.82, 2.24) is 15.1 Å². The lowest BCUT2D eigenvalue weighted by Crippen LogP contribution is -2.55. The number of ether oxygens (including phenoxy) is 2. The van der Waals surface area contributed by atoms with Gasteiger partial charge in [0.1, 0.15) is 11.6 Å². The van der Waals surface area contributed by atoms with Gasteiger partial charge in [-0.2, -0.15) is 0 Å². The van der Waals surface area contributed by atoms with Gasteiger partial charge in [0.25, 0.3) is 0 Å². The summed E-state index contributed by atoms with van der Waals surface area (Å²) >= 11 is 0. The van der Waals surface area contributed by atoms with Gasteiger partial charge in [-0.25, -0.2) is 8.78 Å². The molecule has 3 heterocycles. The van der Waals surface area contributed by atoms with Crippen molar-refractivity contribution in [2.45, 2.75) is 69.2 Å². The molecule has 38 heavy (non-hydrogen) atoms. The molecule has 3 saturated heterocycles. The first kappa shape index (κ1) is 27.1. The first-order valence-electron chi connectivity index (χ1n) is 13.6. The average molecular weight is 530 g/mol. The number of hydrogen-bond acceptors (Lipinski definition) is 6. The SMILES string of the molecule is O=C(C[C@@H]1CC[C@H]2[C@@H](COC[C@@H](O)CN2Cc2cc(F)ccc2F)O1)N[C@H]1CCN(Cc2ccccc2)C1. The molecule has 2 N–H and O–H groups in total. The van der Waals surface area contributed by atoms with E-state index in [4.69, 9.17) is 9.47 Å². The molecule has 0 bridgehead atoms. The fraction of sp³-hybridized carbons (Fsp3) is 0.552. The number of aliphatic hydroxyl groups is 1. The number of rotatable bonds is 7. The van der Waals surface area contributed by atoms with Gasteiger partial charge in [0.05, 0.1) is 37.9 Å². The molecule has 3 fully saturated rings. The van der Waals surface area contributed by atoms with Crippen molar-refractivity contribution in [2.75, 3.05) is 32.8 Å². The zero-order valence-electron chi connectivity index (χ0n) is 21.6. The maximum atomic E-state index is 14.4. The third kappa shape index (κ3) is 7.15. The standard InChI is InChI=1S/C29H37F2N3O4/c30-22-6-8-26(31)21(12-22)15-34-17-24(35)18-37-19-28-27(34)9-7-25(38-28)13-29(36)32-23-10-11-33(16-23)14-20-4-2-1-3-5-20/h1-6,8,12,23-25,27-28,35H,7,9-11,13-19H2,(H,32,36)/t23-,24-,25-,27-,28+/m0/s1. The van der Waals surface area contributed by atoms with Crippen LogP contribution >= 0.6 is 0 Å². The topological polar surface area (TPSA) is 74.3 Å². The maximum absolute atomic E-state index is 14.4. The highest BCUT2D eigenvalue weighted by Crippen LogP contribution is 2.29. The van der Waals surface area contributed by atoms with Crippen LogP contribution in [0.25, 0.3) is 0 Å². The first-order chi connectivity index (χ1) is 18.4. The van der Waals surface area contributed by atoms with Gasteiger partial charge in [-0.05, 0) is 43.0 Å². The van der Waals surface area contributed by atoms with Crippen LogP contribution in [0.2, 0.25) is 0 Å². The molecule has 0 unspecified atom stereocenters. The summed E-state index contributed by atoms with van der Waals surface area (Å²) in [6.07, 6.45) is 1.29. The Morgan fingerprint density at radius 2 is 1.87 bits per heavy atom. The average Bonchev–Trinajstić information content (AvgIpc) is 3.32. The zero-order valence-corrected chi connectivity index (χ0v) is 21.6. The van der Waals surface area contributed by atoms with Crippen molar-refractivity contribution < 1.29 is 28.2 Å². The van der Waals surface area contributed by atoms with E-state index in [0.717, 1.165) is 38.2 Å². The van der Waals surface area contributed by atoms with E-state index in [0.29, 0.717) is 12.8 Å². The van der Waals surface area contributed by atoms with Crippen molar-refractivity contribution in [1.29, 1.82) is 0 Å². The van der Waals surface area contributed by atoms with Crippen molar-refractivity contribution in [3.8, 4) is 0 Å². The van der Waals surface area contributed by atoms with Gasteiger partial charge in [-0.3, -0.25) is 14.6 Å². The van der Waals surface area contributed by atoms with Crippen molar-refractivity contribution in [2.24, 2.45) is 0 Å². The predicted octanol–water partition coefficient (Wildman–Crippen LogP) is 2.85. The normalized spacial score (nSPS) is 28.9. The summed E-state index contributed by atoms with van der Waals surface area (Å²) in [6, 6.07) is 13.8. The number of fused-ring (bicyclic) bond motifs is 1. The number of likely N-dealkylation sites (tertiary alicyclic amines) is 1. The largest absolute Gasteiger partial charge is 0.389 e. The predicted molar refractivity (Wildman–Crippen MR) is 138 cm³/mol. The number of carbonyl (C=O) groups is 1. The summed E-state index contributed by atoms with van der Waals surface area (Å²) in [5.74, 6) is -0.984. The molecule has 5 rings (SSSR count). The maximum Gasteiger partial charge on any atom is 0.222 e. The summed E-state index contributed by atoms with van der Waals surface area (Å²) < 4.78 is 40.2. The second-order valence-electron chi connectivity index (χ2n) is 10.8. The minimum atomic E-state index is -0.732. The zero-order chi connectivity index (χ0) is 26.5. The Morgan fingerprint density at radius 1 is 1.03 bits per heavy atom. The first-order valence-corrected chi connectivity index (χ1v) is 13.6. The number of amides is 1. The molecule has 3 aliphatic rings. The van der Waals surface area contributed by atoms with Crippen LogP contribution in [0.15, 0.2) is 48.5 Å². The number of nitrogens with zero attached hydrogens (tertiary/aromatic N) is 2. The molecule has 3 aliphatic heterocycles. The Hall–Kier alpha value is -2.43. The number of β-amino-alcohol motifs (C(OH)–C–C–N with tert-alkyl or cyclic N) is 1. The van der Waals surface area contributed by atoms with Crippen molar-refractivity contribution in [3.63, 3.8) is 0 Å². The minimum Gasteiger partial charge on any atom is -0.389 e. The fourth-order valence-electron chi connectivity index (χ4n) is 5.94. The molecule has 0 spiro atoms. The van der Waals surface area contributed by atoms with Gasteiger partial charge in [-0.1, -0.05) is 30.3 Å². The number of aliphatic hydroxyl groups excluding tert-OH is 1. The molecule has 0 aromatic heterocycles. The molecular weight excluding hydrogens is 492 g/mol. The second kappa shape index (κ2) is 12.6. The molecule has 0 radical (unpaired) electrons. The van der Waals surface area contributed by atoms with Crippen LogP contribution in [-0.2, 0) is 27.4 Å². The van der Waals surface area contributed by atoms with Crippen LogP contribution in [0.4, 0.5) is 8.78 Å². The molecule has 206 valence electrons. The van der Waals surface area contributed by atoms with Gasteiger partial charge < -0.3 is 19.9 Å². The fourth-order valence-corrected chi connectivity index (χ4v) is 5.94. The summed E-state index contributed by atoms with van der Waals surface area (Å²) in [5.41, 5.74) is 1.52. The Bertz CT molecular complexity index is 1080. The van der Waals surface area contributed by atoms with Crippen LogP contribution < -0.4 is 5.32 Å². The van der Waals surface area contributed by atoms with E-state index in [1.54, 1.807) is 0 Å². The minimum absolute atomic E-state index is 0.0131. The molecule has 2 aromatic rings. The Kier molecular flexibility index (Phi) is 9.01. The van der Waals surface area contributed by atoms with Crippen LogP contribution in [-0.4, -0.2) is 84.1 Å². The van der Waals surface area contributed by atoms with Gasteiger partial charge in [-0.15, -0.1) is 0 Å². The highest BCUT2D eigenvalue weighted by atomic mass is 19.1. The summed E-state index contributed by atoms with van der Waals surface area (Å²) in [7, 11) is 0. The number of hydrogen-bond donors (Lipinski definition) is 2. The Morgan fingerprint density at radius 3 is 2.71 bits per heavy atom. The van der Waals surface area contributed by atoms with Crippen LogP contribution in [0.1, 0.15) is 36.8 Å². The number of halogens is 2. The van der Waals surface area contributed by atoms with Gasteiger partial charge in [0, 0.05) is 50.4 Å². The van der Waals surface area contributed by atoms with Crippen molar-refractivity contribution >= 4 is 5.91 Å². The molecule has 0 saturated carbocycles.